The summed E-state index contributed by atoms with van der Waals surface area (Å²) in [5.74, 6) is -1.10. The van der Waals surface area contributed by atoms with Gasteiger partial charge in [0.25, 0.3) is 0 Å². The molecule has 0 aliphatic heterocycles. The lowest BCUT2D eigenvalue weighted by Crippen LogP contribution is -2.48. The minimum atomic E-state index is -3.50. The van der Waals surface area contributed by atoms with Gasteiger partial charge in [0, 0.05) is 5.88 Å². The van der Waals surface area contributed by atoms with Crippen molar-refractivity contribution in [3.8, 4) is 0 Å². The van der Waals surface area contributed by atoms with Crippen LogP contribution in [0.1, 0.15) is 13.8 Å². The zero-order valence-electron chi connectivity index (χ0n) is 8.16. The summed E-state index contributed by atoms with van der Waals surface area (Å²) in [7, 11) is -3.50. The molecule has 1 amide bonds. The zero-order valence-corrected chi connectivity index (χ0v) is 9.73. The quantitative estimate of drug-likeness (QED) is 0.624. The van der Waals surface area contributed by atoms with Crippen LogP contribution in [-0.2, 0) is 14.8 Å². The van der Waals surface area contributed by atoms with Crippen molar-refractivity contribution < 1.29 is 13.2 Å². The summed E-state index contributed by atoms with van der Waals surface area (Å²) in [6, 6.07) is -0.872. The first kappa shape index (κ1) is 13.7. The molecule has 14 heavy (non-hydrogen) atoms. The average Bonchev–Trinajstić information content (AvgIpc) is 1.99. The molecule has 0 aliphatic rings. The predicted molar refractivity (Wildman–Crippen MR) is 55.5 cm³/mol. The Balaban J connectivity index is 4.53. The van der Waals surface area contributed by atoms with Crippen LogP contribution in [0.15, 0.2) is 0 Å². The van der Waals surface area contributed by atoms with Crippen LogP contribution in [-0.4, -0.2) is 32.0 Å². The molecule has 0 radical (unpaired) electrons. The molecule has 0 fully saturated rings. The van der Waals surface area contributed by atoms with Crippen molar-refractivity contribution in [2.24, 2.45) is 11.7 Å². The number of primary amides is 1. The smallest absolute Gasteiger partial charge is 0.235 e. The average molecular weight is 243 g/mol. The SMILES string of the molecule is CC(C)C(NS(=O)(=O)CCCl)C(N)=O. The van der Waals surface area contributed by atoms with Crippen LogP contribution in [0.3, 0.4) is 0 Å². The summed E-state index contributed by atoms with van der Waals surface area (Å²) in [4.78, 5) is 10.9. The third kappa shape index (κ3) is 4.78. The largest absolute Gasteiger partial charge is 0.368 e. The van der Waals surface area contributed by atoms with Crippen LogP contribution < -0.4 is 10.5 Å². The molecule has 84 valence electrons. The highest BCUT2D eigenvalue weighted by Gasteiger charge is 2.24. The minimum absolute atomic E-state index is 0.0150. The molecule has 0 rings (SSSR count). The minimum Gasteiger partial charge on any atom is -0.368 e. The van der Waals surface area contributed by atoms with Crippen molar-refractivity contribution in [3.63, 3.8) is 0 Å². The van der Waals surface area contributed by atoms with Gasteiger partial charge in [0.2, 0.25) is 15.9 Å². The monoisotopic (exact) mass is 242 g/mol. The number of sulfonamides is 1. The maximum absolute atomic E-state index is 11.2. The Morgan fingerprint density at radius 3 is 2.29 bits per heavy atom. The maximum Gasteiger partial charge on any atom is 0.235 e. The van der Waals surface area contributed by atoms with Crippen LogP contribution in [0.25, 0.3) is 0 Å². The van der Waals surface area contributed by atoms with E-state index in [1.807, 2.05) is 0 Å². The second-order valence-corrected chi connectivity index (χ2v) is 5.50. The normalized spacial score (nSPS) is 14.3. The van der Waals surface area contributed by atoms with Crippen LogP contribution >= 0.6 is 11.6 Å². The van der Waals surface area contributed by atoms with Crippen LogP contribution in [0.5, 0.6) is 0 Å². The number of hydrogen-bond donors (Lipinski definition) is 2. The third-order valence-corrected chi connectivity index (χ3v) is 3.39. The van der Waals surface area contributed by atoms with E-state index in [-0.39, 0.29) is 17.6 Å². The molecule has 0 spiro atoms. The molecular formula is C7H15ClN2O3S. The van der Waals surface area contributed by atoms with E-state index in [1.165, 1.54) is 0 Å². The summed E-state index contributed by atoms with van der Waals surface area (Å²) < 4.78 is 24.7. The Hall–Kier alpha value is -0.330. The fraction of sp³-hybridized carbons (Fsp3) is 0.857. The number of rotatable bonds is 6. The van der Waals surface area contributed by atoms with Crippen molar-refractivity contribution in [2.45, 2.75) is 19.9 Å². The molecule has 0 bridgehead atoms. The highest BCUT2D eigenvalue weighted by Crippen LogP contribution is 2.03. The lowest BCUT2D eigenvalue weighted by atomic mass is 10.1. The van der Waals surface area contributed by atoms with E-state index >= 15 is 0 Å². The van der Waals surface area contributed by atoms with Crippen molar-refractivity contribution in [1.82, 2.24) is 4.72 Å². The van der Waals surface area contributed by atoms with E-state index in [9.17, 15) is 13.2 Å². The highest BCUT2D eigenvalue weighted by atomic mass is 35.5. The summed E-state index contributed by atoms with van der Waals surface area (Å²) in [5.41, 5.74) is 5.04. The van der Waals surface area contributed by atoms with Gasteiger partial charge in [-0.15, -0.1) is 11.6 Å². The number of carbonyl (C=O) groups is 1. The fourth-order valence-electron chi connectivity index (χ4n) is 0.877. The molecule has 1 atom stereocenters. The summed E-state index contributed by atoms with van der Waals surface area (Å²) in [6.07, 6.45) is 0. The lowest BCUT2D eigenvalue weighted by molar-refractivity contribution is -0.120. The number of halogens is 1. The van der Waals surface area contributed by atoms with Gasteiger partial charge in [-0.1, -0.05) is 13.8 Å². The molecule has 0 saturated heterocycles. The molecule has 7 heteroatoms. The van der Waals surface area contributed by atoms with Gasteiger partial charge in [-0.25, -0.2) is 13.1 Å². The van der Waals surface area contributed by atoms with Gasteiger partial charge in [0.1, 0.15) is 6.04 Å². The number of alkyl halides is 1. The second kappa shape index (κ2) is 5.53. The first-order valence-electron chi connectivity index (χ1n) is 4.15. The highest BCUT2D eigenvalue weighted by molar-refractivity contribution is 7.89. The van der Waals surface area contributed by atoms with Crippen molar-refractivity contribution >= 4 is 27.5 Å². The Morgan fingerprint density at radius 2 is 2.00 bits per heavy atom. The molecule has 0 aromatic heterocycles. The first-order chi connectivity index (χ1) is 6.30. The first-order valence-corrected chi connectivity index (χ1v) is 6.34. The summed E-state index contributed by atoms with van der Waals surface area (Å²) in [6.45, 7) is 3.41. The van der Waals surface area contributed by atoms with Gasteiger partial charge in [-0.05, 0) is 5.92 Å². The summed E-state index contributed by atoms with van der Waals surface area (Å²) >= 11 is 5.29. The van der Waals surface area contributed by atoms with E-state index in [0.717, 1.165) is 0 Å². The molecule has 0 aromatic rings. The Bertz CT molecular complexity index is 289. The summed E-state index contributed by atoms with van der Waals surface area (Å²) in [5, 5.41) is 0. The fourth-order valence-corrected chi connectivity index (χ4v) is 2.58. The molecule has 5 nitrogen and oxygen atoms in total. The number of hydrogen-bond acceptors (Lipinski definition) is 3. The van der Waals surface area contributed by atoms with Gasteiger partial charge >= 0.3 is 0 Å². The van der Waals surface area contributed by atoms with Crippen LogP contribution in [0.4, 0.5) is 0 Å². The maximum atomic E-state index is 11.2. The van der Waals surface area contributed by atoms with Crippen molar-refractivity contribution in [3.05, 3.63) is 0 Å². The standard InChI is InChI=1S/C7H15ClN2O3S/c1-5(2)6(7(9)11)10-14(12,13)4-3-8/h5-6,10H,3-4H2,1-2H3,(H2,9,11). The van der Waals surface area contributed by atoms with Crippen LogP contribution in [0, 0.1) is 5.92 Å². The number of carbonyl (C=O) groups excluding carboxylic acids is 1. The van der Waals surface area contributed by atoms with Gasteiger partial charge in [-0.3, -0.25) is 4.79 Å². The van der Waals surface area contributed by atoms with Crippen molar-refractivity contribution in [1.29, 1.82) is 0 Å². The molecular weight excluding hydrogens is 228 g/mol. The zero-order chi connectivity index (χ0) is 11.4. The molecule has 0 aromatic carbocycles. The number of nitrogens with two attached hydrogens (primary N) is 1. The Labute approximate surface area is 89.0 Å². The van der Waals surface area contributed by atoms with Gasteiger partial charge in [0.15, 0.2) is 0 Å². The predicted octanol–water partition coefficient (Wildman–Crippen LogP) is -0.345. The van der Waals surface area contributed by atoms with E-state index in [1.54, 1.807) is 13.8 Å². The topological polar surface area (TPSA) is 89.3 Å². The molecule has 1 unspecified atom stereocenters. The van der Waals surface area contributed by atoms with Crippen LogP contribution in [0.2, 0.25) is 0 Å². The second-order valence-electron chi connectivity index (χ2n) is 3.25. The van der Waals surface area contributed by atoms with E-state index in [2.05, 4.69) is 4.72 Å². The van der Waals surface area contributed by atoms with Gasteiger partial charge in [0.05, 0.1) is 5.75 Å². The van der Waals surface area contributed by atoms with E-state index in [4.69, 9.17) is 17.3 Å². The molecule has 0 heterocycles. The number of amides is 1. The Morgan fingerprint density at radius 1 is 1.50 bits per heavy atom. The van der Waals surface area contributed by atoms with Crippen molar-refractivity contribution in [2.75, 3.05) is 11.6 Å². The lowest BCUT2D eigenvalue weighted by Gasteiger charge is -2.18. The molecule has 0 aliphatic carbocycles. The van der Waals surface area contributed by atoms with E-state index < -0.39 is 22.0 Å². The van der Waals surface area contributed by atoms with Gasteiger partial charge in [-0.2, -0.15) is 0 Å². The molecule has 0 saturated carbocycles. The molecule has 3 N–H and O–H groups in total. The third-order valence-electron chi connectivity index (χ3n) is 1.63. The Kier molecular flexibility index (Phi) is 5.40. The number of nitrogens with one attached hydrogen (secondary N) is 1. The van der Waals surface area contributed by atoms with E-state index in [0.29, 0.717) is 0 Å². The van der Waals surface area contributed by atoms with Gasteiger partial charge < -0.3 is 5.73 Å².